The van der Waals surface area contributed by atoms with Gasteiger partial charge in [-0.3, -0.25) is 0 Å². The lowest BCUT2D eigenvalue weighted by molar-refractivity contribution is -0.168. The van der Waals surface area contributed by atoms with E-state index in [0.717, 1.165) is 13.2 Å². The zero-order valence-corrected chi connectivity index (χ0v) is 5.39. The van der Waals surface area contributed by atoms with Crippen molar-refractivity contribution in [1.29, 1.82) is 0 Å². The molecule has 1 heterocycles. The zero-order valence-electron chi connectivity index (χ0n) is 5.39. The van der Waals surface area contributed by atoms with Crippen LogP contribution in [-0.4, -0.2) is 13.2 Å². The summed E-state index contributed by atoms with van der Waals surface area (Å²) in [6.07, 6.45) is 7.67. The van der Waals surface area contributed by atoms with Crippen LogP contribution < -0.4 is 0 Å². The molecule has 1 heteroatoms. The molecular weight excluding hydrogens is 112 g/mol. The Hall–Kier alpha value is -0.480. The van der Waals surface area contributed by atoms with Gasteiger partial charge in [0.1, 0.15) is 0 Å². The van der Waals surface area contributed by atoms with Crippen molar-refractivity contribution in [2.45, 2.75) is 12.8 Å². The van der Waals surface area contributed by atoms with Gasteiger partial charge in [-0.25, -0.2) is 0 Å². The lowest BCUT2D eigenvalue weighted by Gasteiger charge is -2.51. The predicted octanol–water partition coefficient (Wildman–Crippen LogP) is 1.05. The van der Waals surface area contributed by atoms with E-state index in [1.165, 1.54) is 12.8 Å². The van der Waals surface area contributed by atoms with Crippen LogP contribution in [0.25, 0.3) is 0 Å². The summed E-state index contributed by atoms with van der Waals surface area (Å²) in [7, 11) is 0. The average molecular weight is 122 g/mol. The van der Waals surface area contributed by atoms with Gasteiger partial charge in [0.05, 0.1) is 13.2 Å². The molecule has 0 unspecified atom stereocenters. The maximum atomic E-state index is 5.24. The van der Waals surface area contributed by atoms with Gasteiger partial charge in [0.25, 0.3) is 0 Å². The van der Waals surface area contributed by atoms with Crippen molar-refractivity contribution in [1.82, 2.24) is 0 Å². The van der Waals surface area contributed by atoms with Crippen LogP contribution in [0.4, 0.5) is 0 Å². The third-order valence-electron chi connectivity index (χ3n) is 2.41. The standard InChI is InChI=1S/C8H10O/c1-2-7-3-8(4-7)5-9-6-8/h1,7H,3-6H2. The summed E-state index contributed by atoms with van der Waals surface area (Å²) in [5.41, 5.74) is 0.553. The molecule has 1 nitrogen and oxygen atoms in total. The highest BCUT2D eigenvalue weighted by atomic mass is 16.5. The van der Waals surface area contributed by atoms with Gasteiger partial charge in [-0.05, 0) is 12.8 Å². The van der Waals surface area contributed by atoms with Crippen LogP contribution in [0.1, 0.15) is 12.8 Å². The van der Waals surface area contributed by atoms with Gasteiger partial charge < -0.3 is 4.74 Å². The van der Waals surface area contributed by atoms with Gasteiger partial charge in [0.2, 0.25) is 0 Å². The van der Waals surface area contributed by atoms with Crippen LogP contribution in [0.15, 0.2) is 0 Å². The van der Waals surface area contributed by atoms with E-state index >= 15 is 0 Å². The predicted molar refractivity (Wildman–Crippen MR) is 34.8 cm³/mol. The van der Waals surface area contributed by atoms with E-state index in [9.17, 15) is 0 Å². The molecule has 2 aliphatic rings. The molecule has 2 rings (SSSR count). The fourth-order valence-electron chi connectivity index (χ4n) is 1.73. The lowest BCUT2D eigenvalue weighted by Crippen LogP contribution is -2.51. The lowest BCUT2D eigenvalue weighted by atomic mass is 9.61. The minimum Gasteiger partial charge on any atom is -0.380 e. The molecule has 1 aliphatic carbocycles. The first-order valence-electron chi connectivity index (χ1n) is 3.39. The first-order valence-corrected chi connectivity index (χ1v) is 3.39. The molecule has 0 N–H and O–H groups in total. The Morgan fingerprint density at radius 2 is 2.11 bits per heavy atom. The molecule has 2 fully saturated rings. The summed E-state index contributed by atoms with van der Waals surface area (Å²) in [6.45, 7) is 1.93. The van der Waals surface area contributed by atoms with E-state index in [1.807, 2.05) is 0 Å². The highest BCUT2D eigenvalue weighted by molar-refractivity contribution is 5.08. The van der Waals surface area contributed by atoms with Crippen LogP contribution in [0, 0.1) is 23.7 Å². The minimum absolute atomic E-state index is 0.553. The van der Waals surface area contributed by atoms with Gasteiger partial charge in [-0.15, -0.1) is 12.3 Å². The average Bonchev–Trinajstić information content (AvgIpc) is 1.59. The number of rotatable bonds is 0. The molecule has 0 aromatic carbocycles. The molecule has 0 radical (unpaired) electrons. The van der Waals surface area contributed by atoms with Gasteiger partial charge in [-0.1, -0.05) is 0 Å². The van der Waals surface area contributed by atoms with Crippen LogP contribution >= 0.6 is 0 Å². The molecule has 0 aromatic heterocycles. The molecule has 48 valence electrons. The Labute approximate surface area is 55.4 Å². The van der Waals surface area contributed by atoms with Crippen molar-refractivity contribution in [3.8, 4) is 12.3 Å². The van der Waals surface area contributed by atoms with Crippen LogP contribution in [0.3, 0.4) is 0 Å². The Balaban J connectivity index is 1.91. The molecule has 9 heavy (non-hydrogen) atoms. The third-order valence-corrected chi connectivity index (χ3v) is 2.41. The maximum Gasteiger partial charge on any atom is 0.0545 e. The summed E-state index contributed by atoms with van der Waals surface area (Å²) >= 11 is 0. The first-order chi connectivity index (χ1) is 4.35. The quantitative estimate of drug-likeness (QED) is 0.436. The fraction of sp³-hybridized carbons (Fsp3) is 0.750. The third kappa shape index (κ3) is 0.601. The Bertz CT molecular complexity index is 154. The molecule has 1 saturated carbocycles. The van der Waals surface area contributed by atoms with Crippen molar-refractivity contribution in [2.75, 3.05) is 13.2 Å². The topological polar surface area (TPSA) is 9.23 Å². The summed E-state index contributed by atoms with van der Waals surface area (Å²) < 4.78 is 5.10. The van der Waals surface area contributed by atoms with Crippen molar-refractivity contribution < 1.29 is 4.74 Å². The van der Waals surface area contributed by atoms with E-state index in [-0.39, 0.29) is 0 Å². The van der Waals surface area contributed by atoms with E-state index in [0.29, 0.717) is 11.3 Å². The fourth-order valence-corrected chi connectivity index (χ4v) is 1.73. The molecule has 0 bridgehead atoms. The summed E-state index contributed by atoms with van der Waals surface area (Å²) in [4.78, 5) is 0. The Morgan fingerprint density at radius 1 is 1.44 bits per heavy atom. The van der Waals surface area contributed by atoms with E-state index < -0.39 is 0 Å². The number of terminal acetylenes is 1. The second-order valence-corrected chi connectivity index (χ2v) is 3.26. The first kappa shape index (κ1) is 5.32. The van der Waals surface area contributed by atoms with Gasteiger partial charge >= 0.3 is 0 Å². The second-order valence-electron chi connectivity index (χ2n) is 3.26. The van der Waals surface area contributed by atoms with Gasteiger partial charge in [0, 0.05) is 11.3 Å². The van der Waals surface area contributed by atoms with Crippen molar-refractivity contribution in [3.05, 3.63) is 0 Å². The summed E-state index contributed by atoms with van der Waals surface area (Å²) in [5.74, 6) is 3.33. The summed E-state index contributed by atoms with van der Waals surface area (Å²) in [5, 5.41) is 0. The smallest absolute Gasteiger partial charge is 0.0545 e. The Kier molecular flexibility index (Phi) is 0.896. The van der Waals surface area contributed by atoms with E-state index in [1.54, 1.807) is 0 Å². The molecule has 0 atom stereocenters. The molecule has 1 saturated heterocycles. The zero-order chi connectivity index (χ0) is 6.32. The molecule has 1 aliphatic heterocycles. The highest BCUT2D eigenvalue weighted by Crippen LogP contribution is 2.50. The number of ether oxygens (including phenoxy) is 1. The second kappa shape index (κ2) is 1.52. The number of hydrogen-bond donors (Lipinski definition) is 0. The Morgan fingerprint density at radius 3 is 2.44 bits per heavy atom. The maximum absolute atomic E-state index is 5.24. The van der Waals surface area contributed by atoms with Crippen molar-refractivity contribution in [2.24, 2.45) is 11.3 Å². The molecular formula is C8H10O. The molecule has 0 amide bonds. The normalized spacial score (nSPS) is 30.6. The van der Waals surface area contributed by atoms with Crippen molar-refractivity contribution >= 4 is 0 Å². The SMILES string of the molecule is C#CC1CC2(COC2)C1. The monoisotopic (exact) mass is 122 g/mol. The highest BCUT2D eigenvalue weighted by Gasteiger charge is 2.48. The van der Waals surface area contributed by atoms with Crippen molar-refractivity contribution in [3.63, 3.8) is 0 Å². The van der Waals surface area contributed by atoms with E-state index in [2.05, 4.69) is 5.92 Å². The minimum atomic E-state index is 0.553. The molecule has 1 spiro atoms. The van der Waals surface area contributed by atoms with Crippen LogP contribution in [-0.2, 0) is 4.74 Å². The van der Waals surface area contributed by atoms with E-state index in [4.69, 9.17) is 11.2 Å². The van der Waals surface area contributed by atoms with Gasteiger partial charge in [-0.2, -0.15) is 0 Å². The van der Waals surface area contributed by atoms with Crippen LogP contribution in [0.5, 0.6) is 0 Å². The summed E-state index contributed by atoms with van der Waals surface area (Å²) in [6, 6.07) is 0. The largest absolute Gasteiger partial charge is 0.380 e. The number of hydrogen-bond acceptors (Lipinski definition) is 1. The van der Waals surface area contributed by atoms with Gasteiger partial charge in [0.15, 0.2) is 0 Å². The van der Waals surface area contributed by atoms with Crippen LogP contribution in [0.2, 0.25) is 0 Å². The molecule has 0 aromatic rings.